The van der Waals surface area contributed by atoms with Crippen molar-refractivity contribution in [3.63, 3.8) is 0 Å². The number of carbonyl (C=O) groups excluding carboxylic acids is 1. The fourth-order valence-electron chi connectivity index (χ4n) is 3.05. The Bertz CT molecular complexity index is 676. The fourth-order valence-corrected chi connectivity index (χ4v) is 3.05. The number of nitrogens with zero attached hydrogens (tertiary/aromatic N) is 4. The van der Waals surface area contributed by atoms with E-state index in [-0.39, 0.29) is 18.0 Å². The summed E-state index contributed by atoms with van der Waals surface area (Å²) in [6.07, 6.45) is 1.61. The number of aromatic nitrogens is 2. The highest BCUT2D eigenvalue weighted by Gasteiger charge is 2.29. The highest BCUT2D eigenvalue weighted by atomic mass is 16.5. The monoisotopic (exact) mass is 347 g/mol. The Labute approximate surface area is 147 Å². The molecule has 2 atom stereocenters. The SMILES string of the molecule is Cc1noc(C(C)N2CCN(C(C)C(=O)NCc3ccco3)CC2)n1. The van der Waals surface area contributed by atoms with Crippen LogP contribution >= 0.6 is 0 Å². The molecule has 8 heteroatoms. The van der Waals surface area contributed by atoms with Crippen molar-refractivity contribution in [3.05, 3.63) is 35.9 Å². The van der Waals surface area contributed by atoms with Crippen molar-refractivity contribution in [3.8, 4) is 0 Å². The van der Waals surface area contributed by atoms with Gasteiger partial charge in [0.25, 0.3) is 0 Å². The summed E-state index contributed by atoms with van der Waals surface area (Å²) in [4.78, 5) is 21.1. The van der Waals surface area contributed by atoms with Gasteiger partial charge in [-0.15, -0.1) is 0 Å². The molecule has 2 aromatic heterocycles. The van der Waals surface area contributed by atoms with Crippen molar-refractivity contribution in [2.45, 2.75) is 39.4 Å². The molecule has 2 aromatic rings. The van der Waals surface area contributed by atoms with Crippen molar-refractivity contribution in [2.24, 2.45) is 0 Å². The van der Waals surface area contributed by atoms with Crippen LogP contribution in [-0.2, 0) is 11.3 Å². The van der Waals surface area contributed by atoms with Gasteiger partial charge in [0.15, 0.2) is 5.82 Å². The van der Waals surface area contributed by atoms with Crippen LogP contribution in [0.3, 0.4) is 0 Å². The van der Waals surface area contributed by atoms with E-state index in [1.807, 2.05) is 26.0 Å². The molecule has 1 aliphatic rings. The molecular weight excluding hydrogens is 322 g/mol. The zero-order chi connectivity index (χ0) is 17.8. The van der Waals surface area contributed by atoms with Crippen molar-refractivity contribution in [1.29, 1.82) is 0 Å². The number of rotatable bonds is 6. The maximum atomic E-state index is 12.3. The van der Waals surface area contributed by atoms with Gasteiger partial charge in [-0.2, -0.15) is 4.98 Å². The Hall–Kier alpha value is -2.19. The molecule has 3 heterocycles. The van der Waals surface area contributed by atoms with Crippen LogP contribution in [0.1, 0.15) is 37.4 Å². The molecule has 136 valence electrons. The first-order valence-electron chi connectivity index (χ1n) is 8.63. The minimum Gasteiger partial charge on any atom is -0.467 e. The largest absolute Gasteiger partial charge is 0.467 e. The summed E-state index contributed by atoms with van der Waals surface area (Å²) < 4.78 is 10.5. The summed E-state index contributed by atoms with van der Waals surface area (Å²) in [5, 5.41) is 6.78. The van der Waals surface area contributed by atoms with Gasteiger partial charge in [0.05, 0.1) is 24.9 Å². The van der Waals surface area contributed by atoms with Gasteiger partial charge in [0.1, 0.15) is 5.76 Å². The summed E-state index contributed by atoms with van der Waals surface area (Å²) in [6, 6.07) is 3.59. The average molecular weight is 347 g/mol. The third kappa shape index (κ3) is 4.26. The van der Waals surface area contributed by atoms with Gasteiger partial charge in [-0.25, -0.2) is 0 Å². The lowest BCUT2D eigenvalue weighted by Gasteiger charge is -2.39. The van der Waals surface area contributed by atoms with Crippen molar-refractivity contribution >= 4 is 5.91 Å². The first-order valence-corrected chi connectivity index (χ1v) is 8.63. The second-order valence-electron chi connectivity index (χ2n) is 6.40. The van der Waals surface area contributed by atoms with Gasteiger partial charge in [-0.05, 0) is 32.9 Å². The van der Waals surface area contributed by atoms with E-state index in [0.29, 0.717) is 18.3 Å². The van der Waals surface area contributed by atoms with Gasteiger partial charge >= 0.3 is 0 Å². The van der Waals surface area contributed by atoms with E-state index >= 15 is 0 Å². The summed E-state index contributed by atoms with van der Waals surface area (Å²) in [5.41, 5.74) is 0. The predicted octanol–water partition coefficient (Wildman–Crippen LogP) is 1.35. The number of nitrogens with one attached hydrogen (secondary N) is 1. The zero-order valence-electron chi connectivity index (χ0n) is 14.9. The smallest absolute Gasteiger partial charge is 0.243 e. The standard InChI is InChI=1S/C17H25N5O3/c1-12(16(23)18-11-15-5-4-10-24-15)21-6-8-22(9-7-21)13(2)17-19-14(3)20-25-17/h4-5,10,12-13H,6-9,11H2,1-3H3,(H,18,23). The van der Waals surface area contributed by atoms with Crippen LogP contribution in [0.4, 0.5) is 0 Å². The van der Waals surface area contributed by atoms with Crippen LogP contribution in [-0.4, -0.2) is 58.1 Å². The van der Waals surface area contributed by atoms with E-state index in [2.05, 4.69) is 32.2 Å². The number of furan rings is 1. The van der Waals surface area contributed by atoms with E-state index in [1.165, 1.54) is 0 Å². The van der Waals surface area contributed by atoms with Crippen LogP contribution in [0.15, 0.2) is 27.3 Å². The molecule has 0 saturated carbocycles. The number of hydrogen-bond donors (Lipinski definition) is 1. The lowest BCUT2D eigenvalue weighted by molar-refractivity contribution is -0.127. The van der Waals surface area contributed by atoms with Gasteiger partial charge in [-0.1, -0.05) is 5.16 Å². The van der Waals surface area contributed by atoms with E-state index in [4.69, 9.17) is 8.94 Å². The molecule has 8 nitrogen and oxygen atoms in total. The second kappa shape index (κ2) is 7.79. The molecule has 0 aliphatic carbocycles. The molecule has 0 aromatic carbocycles. The molecule has 25 heavy (non-hydrogen) atoms. The maximum absolute atomic E-state index is 12.3. The Balaban J connectivity index is 1.46. The van der Waals surface area contributed by atoms with Crippen LogP contribution in [0.2, 0.25) is 0 Å². The molecular formula is C17H25N5O3. The highest BCUT2D eigenvalue weighted by Crippen LogP contribution is 2.20. The summed E-state index contributed by atoms with van der Waals surface area (Å²) in [6.45, 7) is 9.63. The third-order valence-corrected chi connectivity index (χ3v) is 4.74. The summed E-state index contributed by atoms with van der Waals surface area (Å²) in [7, 11) is 0. The molecule has 1 fully saturated rings. The molecule has 1 saturated heterocycles. The Morgan fingerprint density at radius 3 is 2.60 bits per heavy atom. The second-order valence-corrected chi connectivity index (χ2v) is 6.40. The third-order valence-electron chi connectivity index (χ3n) is 4.74. The number of piperazine rings is 1. The van der Waals surface area contributed by atoms with Crippen LogP contribution in [0.25, 0.3) is 0 Å². The first-order chi connectivity index (χ1) is 12.0. The van der Waals surface area contributed by atoms with Crippen molar-refractivity contribution in [2.75, 3.05) is 26.2 Å². The van der Waals surface area contributed by atoms with Crippen LogP contribution in [0, 0.1) is 6.92 Å². The van der Waals surface area contributed by atoms with E-state index in [0.717, 1.165) is 31.9 Å². The van der Waals surface area contributed by atoms with Gasteiger partial charge in [-0.3, -0.25) is 14.6 Å². The van der Waals surface area contributed by atoms with Crippen molar-refractivity contribution in [1.82, 2.24) is 25.3 Å². The Kier molecular flexibility index (Phi) is 5.50. The zero-order valence-corrected chi connectivity index (χ0v) is 14.9. The average Bonchev–Trinajstić information content (AvgIpc) is 3.30. The lowest BCUT2D eigenvalue weighted by atomic mass is 10.2. The minimum atomic E-state index is -0.168. The topological polar surface area (TPSA) is 87.6 Å². The van der Waals surface area contributed by atoms with Gasteiger partial charge < -0.3 is 14.3 Å². The number of hydrogen-bond acceptors (Lipinski definition) is 7. The van der Waals surface area contributed by atoms with Crippen LogP contribution in [0.5, 0.6) is 0 Å². The molecule has 2 unspecified atom stereocenters. The molecule has 0 bridgehead atoms. The van der Waals surface area contributed by atoms with Gasteiger partial charge in [0.2, 0.25) is 11.8 Å². The van der Waals surface area contributed by atoms with Crippen molar-refractivity contribution < 1.29 is 13.7 Å². The Morgan fingerprint density at radius 1 is 1.28 bits per heavy atom. The summed E-state index contributed by atoms with van der Waals surface area (Å²) in [5.74, 6) is 2.08. The highest BCUT2D eigenvalue weighted by molar-refractivity contribution is 5.81. The van der Waals surface area contributed by atoms with E-state index < -0.39 is 0 Å². The molecule has 3 rings (SSSR count). The van der Waals surface area contributed by atoms with Gasteiger partial charge in [0, 0.05) is 26.2 Å². The van der Waals surface area contributed by atoms with E-state index in [9.17, 15) is 4.79 Å². The lowest BCUT2D eigenvalue weighted by Crippen LogP contribution is -2.54. The normalized spacial score (nSPS) is 18.8. The quantitative estimate of drug-likeness (QED) is 0.844. The predicted molar refractivity (Wildman–Crippen MR) is 90.6 cm³/mol. The maximum Gasteiger partial charge on any atom is 0.243 e. The number of amides is 1. The van der Waals surface area contributed by atoms with E-state index in [1.54, 1.807) is 6.26 Å². The molecule has 0 spiro atoms. The molecule has 1 amide bonds. The number of carbonyl (C=O) groups is 1. The molecule has 1 N–H and O–H groups in total. The molecule has 1 aliphatic heterocycles. The summed E-state index contributed by atoms with van der Waals surface area (Å²) >= 11 is 0. The Morgan fingerprint density at radius 2 is 2.00 bits per heavy atom. The number of aryl methyl sites for hydroxylation is 1. The fraction of sp³-hybridized carbons (Fsp3) is 0.588. The van der Waals surface area contributed by atoms with Crippen LogP contribution < -0.4 is 5.32 Å². The molecule has 0 radical (unpaired) electrons. The minimum absolute atomic E-state index is 0.0189. The first kappa shape index (κ1) is 17.6.